The van der Waals surface area contributed by atoms with Crippen molar-refractivity contribution in [3.8, 4) is 11.5 Å². The first-order valence-electron chi connectivity index (χ1n) is 6.94. The van der Waals surface area contributed by atoms with Gasteiger partial charge in [-0.2, -0.15) is 4.98 Å². The van der Waals surface area contributed by atoms with Gasteiger partial charge in [-0.1, -0.05) is 29.4 Å². The molecule has 3 rings (SSSR count). The van der Waals surface area contributed by atoms with Crippen molar-refractivity contribution in [2.45, 2.75) is 11.3 Å². The van der Waals surface area contributed by atoms with E-state index in [0.717, 1.165) is 0 Å². The van der Waals surface area contributed by atoms with E-state index in [0.29, 0.717) is 23.8 Å². The first kappa shape index (κ1) is 15.3. The second-order valence-corrected chi connectivity index (χ2v) is 6.45. The van der Waals surface area contributed by atoms with Crippen molar-refractivity contribution in [3.63, 3.8) is 0 Å². The summed E-state index contributed by atoms with van der Waals surface area (Å²) >= 11 is 0. The number of nitrogens with one attached hydrogen (secondary N) is 1. The Morgan fingerprint density at radius 3 is 2.57 bits per heavy atom. The molecule has 118 valence electrons. The fourth-order valence-corrected chi connectivity index (χ4v) is 2.98. The number of rotatable bonds is 6. The molecule has 3 aromatic rings. The van der Waals surface area contributed by atoms with Gasteiger partial charge in [0, 0.05) is 19.2 Å². The van der Waals surface area contributed by atoms with E-state index in [1.54, 1.807) is 36.5 Å². The summed E-state index contributed by atoms with van der Waals surface area (Å²) in [6, 6.07) is 13.6. The van der Waals surface area contributed by atoms with Gasteiger partial charge in [-0.05, 0) is 24.3 Å². The molecule has 1 N–H and O–H groups in total. The monoisotopic (exact) mass is 330 g/mol. The minimum Gasteiger partial charge on any atom is -0.339 e. The smallest absolute Gasteiger partial charge is 0.240 e. The highest BCUT2D eigenvalue weighted by molar-refractivity contribution is 7.89. The van der Waals surface area contributed by atoms with Crippen molar-refractivity contribution in [2.75, 3.05) is 6.54 Å². The molecule has 8 heteroatoms. The third-order valence-corrected chi connectivity index (χ3v) is 4.52. The fraction of sp³-hybridized carbons (Fsp3) is 0.133. The highest BCUT2D eigenvalue weighted by Gasteiger charge is 2.14. The zero-order chi connectivity index (χ0) is 16.1. The van der Waals surface area contributed by atoms with Crippen LogP contribution in [0.5, 0.6) is 0 Å². The summed E-state index contributed by atoms with van der Waals surface area (Å²) in [5.74, 6) is 0.730. The summed E-state index contributed by atoms with van der Waals surface area (Å²) in [5, 5.41) is 3.83. The van der Waals surface area contributed by atoms with Crippen LogP contribution in [0.2, 0.25) is 0 Å². The average Bonchev–Trinajstić information content (AvgIpc) is 3.05. The second-order valence-electron chi connectivity index (χ2n) is 4.69. The molecule has 0 fully saturated rings. The Labute approximate surface area is 133 Å². The van der Waals surface area contributed by atoms with E-state index in [2.05, 4.69) is 19.8 Å². The van der Waals surface area contributed by atoms with Crippen molar-refractivity contribution in [2.24, 2.45) is 0 Å². The maximum Gasteiger partial charge on any atom is 0.240 e. The van der Waals surface area contributed by atoms with E-state index >= 15 is 0 Å². The summed E-state index contributed by atoms with van der Waals surface area (Å²) < 4.78 is 31.7. The summed E-state index contributed by atoms with van der Waals surface area (Å²) in [4.78, 5) is 8.54. The van der Waals surface area contributed by atoms with Crippen LogP contribution in [0, 0.1) is 0 Å². The van der Waals surface area contributed by atoms with Gasteiger partial charge in [0.2, 0.25) is 21.7 Å². The molecule has 2 aromatic heterocycles. The van der Waals surface area contributed by atoms with Crippen LogP contribution < -0.4 is 4.72 Å². The third kappa shape index (κ3) is 3.79. The van der Waals surface area contributed by atoms with E-state index in [1.165, 1.54) is 12.1 Å². The molecule has 0 aliphatic carbocycles. The molecule has 0 aliphatic rings. The summed E-state index contributed by atoms with van der Waals surface area (Å²) in [5.41, 5.74) is 0.604. The van der Waals surface area contributed by atoms with Crippen LogP contribution in [-0.2, 0) is 16.4 Å². The van der Waals surface area contributed by atoms with Gasteiger partial charge in [0.25, 0.3) is 0 Å². The lowest BCUT2D eigenvalue weighted by Gasteiger charge is -2.04. The lowest BCUT2D eigenvalue weighted by molar-refractivity contribution is 0.379. The van der Waals surface area contributed by atoms with Crippen LogP contribution >= 0.6 is 0 Å². The highest BCUT2D eigenvalue weighted by Crippen LogP contribution is 2.12. The predicted molar refractivity (Wildman–Crippen MR) is 82.9 cm³/mol. The quantitative estimate of drug-likeness (QED) is 0.738. The van der Waals surface area contributed by atoms with Crippen LogP contribution in [0.4, 0.5) is 0 Å². The molecular formula is C15H14N4O3S. The highest BCUT2D eigenvalue weighted by atomic mass is 32.2. The van der Waals surface area contributed by atoms with Crippen molar-refractivity contribution in [1.29, 1.82) is 0 Å². The first-order chi connectivity index (χ1) is 11.1. The molecule has 23 heavy (non-hydrogen) atoms. The van der Waals surface area contributed by atoms with Crippen LogP contribution in [0.25, 0.3) is 11.5 Å². The Balaban J connectivity index is 1.61. The summed E-state index contributed by atoms with van der Waals surface area (Å²) in [7, 11) is -3.53. The molecule has 0 spiro atoms. The molecule has 0 amide bonds. The van der Waals surface area contributed by atoms with Gasteiger partial charge in [-0.25, -0.2) is 13.1 Å². The van der Waals surface area contributed by atoms with Gasteiger partial charge in [-0.15, -0.1) is 0 Å². The molecule has 0 radical (unpaired) electrons. The Bertz CT molecular complexity index is 864. The fourth-order valence-electron chi connectivity index (χ4n) is 1.93. The van der Waals surface area contributed by atoms with Crippen LogP contribution in [0.1, 0.15) is 5.89 Å². The van der Waals surface area contributed by atoms with Crippen LogP contribution in [0.15, 0.2) is 64.1 Å². The van der Waals surface area contributed by atoms with E-state index in [9.17, 15) is 8.42 Å². The SMILES string of the molecule is O=S(=O)(NCCc1nc(-c2ccccn2)no1)c1ccccc1. The van der Waals surface area contributed by atoms with Gasteiger partial charge in [-0.3, -0.25) is 4.98 Å². The van der Waals surface area contributed by atoms with E-state index in [4.69, 9.17) is 4.52 Å². The van der Waals surface area contributed by atoms with Gasteiger partial charge >= 0.3 is 0 Å². The maximum absolute atomic E-state index is 12.1. The Hall–Kier alpha value is -2.58. The average molecular weight is 330 g/mol. The lowest BCUT2D eigenvalue weighted by atomic mass is 10.3. The summed E-state index contributed by atoms with van der Waals surface area (Å²) in [6.45, 7) is 0.168. The molecule has 0 aliphatic heterocycles. The number of benzene rings is 1. The molecule has 2 heterocycles. The number of nitrogens with zero attached hydrogens (tertiary/aromatic N) is 3. The summed E-state index contributed by atoms with van der Waals surface area (Å²) in [6.07, 6.45) is 1.94. The van der Waals surface area contributed by atoms with E-state index in [-0.39, 0.29) is 11.4 Å². The second kappa shape index (κ2) is 6.67. The van der Waals surface area contributed by atoms with Gasteiger partial charge < -0.3 is 4.52 Å². The molecule has 0 atom stereocenters. The van der Waals surface area contributed by atoms with Gasteiger partial charge in [0.15, 0.2) is 0 Å². The topological polar surface area (TPSA) is 98.0 Å². The largest absolute Gasteiger partial charge is 0.339 e. The Kier molecular flexibility index (Phi) is 4.45. The molecule has 0 saturated carbocycles. The van der Waals surface area contributed by atoms with Crippen molar-refractivity contribution < 1.29 is 12.9 Å². The van der Waals surface area contributed by atoms with Gasteiger partial charge in [0.1, 0.15) is 5.69 Å². The first-order valence-corrected chi connectivity index (χ1v) is 8.42. The normalized spacial score (nSPS) is 11.5. The molecular weight excluding hydrogens is 316 g/mol. The number of hydrogen-bond donors (Lipinski definition) is 1. The minimum absolute atomic E-state index is 0.168. The third-order valence-electron chi connectivity index (χ3n) is 3.05. The lowest BCUT2D eigenvalue weighted by Crippen LogP contribution is -2.26. The standard InChI is InChI=1S/C15H14N4O3S/c20-23(21,12-6-2-1-3-7-12)17-11-9-14-18-15(19-22-14)13-8-4-5-10-16-13/h1-8,10,17H,9,11H2. The minimum atomic E-state index is -3.53. The van der Waals surface area contributed by atoms with Crippen molar-refractivity contribution in [3.05, 3.63) is 60.6 Å². The zero-order valence-electron chi connectivity index (χ0n) is 12.1. The number of aromatic nitrogens is 3. The van der Waals surface area contributed by atoms with Crippen molar-refractivity contribution >= 4 is 10.0 Å². The predicted octanol–water partition coefficient (Wildman–Crippen LogP) is 1.65. The number of hydrogen-bond acceptors (Lipinski definition) is 6. The number of pyridine rings is 1. The van der Waals surface area contributed by atoms with Crippen LogP contribution in [-0.4, -0.2) is 30.1 Å². The van der Waals surface area contributed by atoms with E-state index < -0.39 is 10.0 Å². The van der Waals surface area contributed by atoms with Crippen molar-refractivity contribution in [1.82, 2.24) is 19.8 Å². The van der Waals surface area contributed by atoms with Crippen LogP contribution in [0.3, 0.4) is 0 Å². The maximum atomic E-state index is 12.1. The molecule has 0 saturated heterocycles. The molecule has 0 unspecified atom stereocenters. The van der Waals surface area contributed by atoms with Gasteiger partial charge in [0.05, 0.1) is 4.90 Å². The number of sulfonamides is 1. The molecule has 0 bridgehead atoms. The molecule has 1 aromatic carbocycles. The van der Waals surface area contributed by atoms with E-state index in [1.807, 2.05) is 6.07 Å². The molecule has 7 nitrogen and oxygen atoms in total. The zero-order valence-corrected chi connectivity index (χ0v) is 12.9. The Morgan fingerprint density at radius 1 is 1.04 bits per heavy atom. The Morgan fingerprint density at radius 2 is 1.83 bits per heavy atom.